The average molecular weight is 406 g/mol. The number of thiazole rings is 1. The Bertz CT molecular complexity index is 1090. The Kier molecular flexibility index (Phi) is 4.58. The molecule has 0 amide bonds. The van der Waals surface area contributed by atoms with Gasteiger partial charge in [0.25, 0.3) is 6.43 Å². The Morgan fingerprint density at radius 2 is 1.88 bits per heavy atom. The van der Waals surface area contributed by atoms with E-state index in [0.29, 0.717) is 17.1 Å². The fourth-order valence-electron chi connectivity index (χ4n) is 2.26. The molecule has 0 radical (unpaired) electrons. The van der Waals surface area contributed by atoms with Crippen molar-refractivity contribution < 1.29 is 26.0 Å². The van der Waals surface area contributed by atoms with Crippen LogP contribution in [0.2, 0.25) is 0 Å². The number of alkyl halides is 2. The highest BCUT2D eigenvalue weighted by Crippen LogP contribution is 2.32. The van der Waals surface area contributed by atoms with Crippen LogP contribution in [0.3, 0.4) is 0 Å². The largest absolute Gasteiger partial charge is 0.282 e. The highest BCUT2D eigenvalue weighted by molar-refractivity contribution is 7.89. The molecule has 0 aliphatic heterocycles. The second-order valence-corrected chi connectivity index (χ2v) is 7.79. The number of rotatable bonds is 4. The molecule has 3 aromatic rings. The fourth-order valence-corrected chi connectivity index (χ4v) is 3.44. The van der Waals surface area contributed by atoms with Crippen molar-refractivity contribution in [3.05, 3.63) is 45.9 Å². The van der Waals surface area contributed by atoms with Crippen molar-refractivity contribution >= 4 is 21.4 Å². The van der Waals surface area contributed by atoms with E-state index in [0.717, 1.165) is 10.7 Å². The highest BCUT2D eigenvalue weighted by Gasteiger charge is 2.24. The van der Waals surface area contributed by atoms with Crippen LogP contribution in [0.25, 0.3) is 17.1 Å². The van der Waals surface area contributed by atoms with Gasteiger partial charge in [-0.1, -0.05) is 0 Å². The van der Waals surface area contributed by atoms with Crippen LogP contribution in [0.1, 0.15) is 17.1 Å². The molecule has 2 N–H and O–H groups in total. The number of aromatic nitrogens is 3. The van der Waals surface area contributed by atoms with Crippen molar-refractivity contribution in [2.45, 2.75) is 18.2 Å². The summed E-state index contributed by atoms with van der Waals surface area (Å²) < 4.78 is 78.1. The predicted molar refractivity (Wildman–Crippen MR) is 85.7 cm³/mol. The first-order chi connectivity index (χ1) is 12.1. The third kappa shape index (κ3) is 3.34. The number of sulfonamides is 1. The van der Waals surface area contributed by atoms with Crippen LogP contribution < -0.4 is 5.14 Å². The maximum absolute atomic E-state index is 14.4. The first-order valence-corrected chi connectivity index (χ1v) is 9.33. The zero-order valence-electron chi connectivity index (χ0n) is 13.0. The molecular formula is C14H10F4N4O2S2. The van der Waals surface area contributed by atoms with Gasteiger partial charge < -0.3 is 0 Å². The second kappa shape index (κ2) is 6.45. The summed E-state index contributed by atoms with van der Waals surface area (Å²) in [6, 6.07) is 1.84. The van der Waals surface area contributed by atoms with Gasteiger partial charge in [0.1, 0.15) is 22.2 Å². The van der Waals surface area contributed by atoms with Gasteiger partial charge in [0.15, 0.2) is 5.82 Å². The van der Waals surface area contributed by atoms with Gasteiger partial charge in [0.2, 0.25) is 10.0 Å². The lowest BCUT2D eigenvalue weighted by atomic mass is 10.1. The van der Waals surface area contributed by atoms with E-state index in [1.165, 1.54) is 16.7 Å². The van der Waals surface area contributed by atoms with Crippen LogP contribution in [0, 0.1) is 18.6 Å². The summed E-state index contributed by atoms with van der Waals surface area (Å²) in [6.45, 7) is 1.67. The Hall–Kier alpha value is -2.31. The van der Waals surface area contributed by atoms with Crippen molar-refractivity contribution in [2.75, 3.05) is 0 Å². The fraction of sp³-hybridized carbons (Fsp3) is 0.143. The Morgan fingerprint density at radius 3 is 2.42 bits per heavy atom. The summed E-state index contributed by atoms with van der Waals surface area (Å²) in [5, 5.41) is 10.6. The maximum atomic E-state index is 14.4. The summed E-state index contributed by atoms with van der Waals surface area (Å²) in [7, 11) is -4.49. The molecule has 0 unspecified atom stereocenters. The van der Waals surface area contributed by atoms with Gasteiger partial charge >= 0.3 is 0 Å². The molecule has 0 saturated heterocycles. The van der Waals surface area contributed by atoms with Gasteiger partial charge in [0, 0.05) is 10.9 Å². The maximum Gasteiger partial charge on any atom is 0.282 e. The quantitative estimate of drug-likeness (QED) is 0.674. The van der Waals surface area contributed by atoms with E-state index < -0.39 is 44.2 Å². The summed E-state index contributed by atoms with van der Waals surface area (Å²) in [5.41, 5.74) is -1.33. The number of hydrogen-bond acceptors (Lipinski definition) is 5. The molecule has 12 heteroatoms. The van der Waals surface area contributed by atoms with Gasteiger partial charge in [0.05, 0.1) is 10.7 Å². The van der Waals surface area contributed by atoms with Gasteiger partial charge in [-0.15, -0.1) is 11.3 Å². The van der Waals surface area contributed by atoms with E-state index in [4.69, 9.17) is 5.14 Å². The molecule has 0 aliphatic rings. The molecule has 6 nitrogen and oxygen atoms in total. The zero-order chi connectivity index (χ0) is 19.2. The molecule has 138 valence electrons. The number of hydrogen-bond donors (Lipinski definition) is 1. The topological polar surface area (TPSA) is 90.9 Å². The van der Waals surface area contributed by atoms with E-state index in [-0.39, 0.29) is 11.5 Å². The van der Waals surface area contributed by atoms with Crippen molar-refractivity contribution in [3.8, 4) is 17.1 Å². The third-order valence-electron chi connectivity index (χ3n) is 3.38. The summed E-state index contributed by atoms with van der Waals surface area (Å²) in [5.74, 6) is -2.33. The summed E-state index contributed by atoms with van der Waals surface area (Å²) in [6.07, 6.45) is -2.95. The first-order valence-electron chi connectivity index (χ1n) is 6.90. The normalized spacial score (nSPS) is 12.1. The molecule has 0 bridgehead atoms. The Labute approximate surface area is 149 Å². The minimum absolute atomic E-state index is 0.143. The molecule has 2 aromatic heterocycles. The predicted octanol–water partition coefficient (Wildman–Crippen LogP) is 3.17. The lowest BCUT2D eigenvalue weighted by molar-refractivity contribution is 0.145. The number of nitrogens with two attached hydrogens (primary N) is 1. The Morgan fingerprint density at radius 1 is 1.19 bits per heavy atom. The minimum atomic E-state index is -4.49. The molecule has 0 aliphatic carbocycles. The number of halogens is 4. The monoisotopic (exact) mass is 406 g/mol. The first kappa shape index (κ1) is 18.5. The van der Waals surface area contributed by atoms with Crippen LogP contribution in [0.5, 0.6) is 0 Å². The minimum Gasteiger partial charge on any atom is -0.225 e. The van der Waals surface area contributed by atoms with Crippen molar-refractivity contribution in [1.82, 2.24) is 14.8 Å². The lowest BCUT2D eigenvalue weighted by Gasteiger charge is -2.08. The standard InChI is InChI=1S/C14H10F4N4O2S2/c1-6-20-13(5-25-6)22-11(4-10(21-22)14(17)18)7-2-9(16)12(3-8(7)15)26(19,23)24/h2-5,14H,1H3,(H2,19,23,24). The van der Waals surface area contributed by atoms with E-state index in [2.05, 4.69) is 10.1 Å². The summed E-state index contributed by atoms with van der Waals surface area (Å²) >= 11 is 1.21. The molecule has 0 fully saturated rings. The van der Waals surface area contributed by atoms with Crippen molar-refractivity contribution in [2.24, 2.45) is 5.14 Å². The van der Waals surface area contributed by atoms with Gasteiger partial charge in [-0.3, -0.25) is 0 Å². The smallest absolute Gasteiger partial charge is 0.225 e. The Balaban J connectivity index is 2.25. The van der Waals surface area contributed by atoms with E-state index in [9.17, 15) is 26.0 Å². The molecular weight excluding hydrogens is 396 g/mol. The molecule has 0 saturated carbocycles. The van der Waals surface area contributed by atoms with Crippen molar-refractivity contribution in [3.63, 3.8) is 0 Å². The van der Waals surface area contributed by atoms with Crippen LogP contribution in [0.15, 0.2) is 28.5 Å². The molecule has 0 spiro atoms. The van der Waals surface area contributed by atoms with E-state index in [1.807, 2.05) is 0 Å². The van der Waals surface area contributed by atoms with Gasteiger partial charge in [-0.2, -0.15) is 5.10 Å². The summed E-state index contributed by atoms with van der Waals surface area (Å²) in [4.78, 5) is 3.05. The van der Waals surface area contributed by atoms with Crippen LogP contribution in [0.4, 0.5) is 17.6 Å². The molecule has 2 heterocycles. The second-order valence-electron chi connectivity index (χ2n) is 5.20. The third-order valence-corrected chi connectivity index (χ3v) is 5.07. The van der Waals surface area contributed by atoms with Crippen LogP contribution in [-0.2, 0) is 10.0 Å². The highest BCUT2D eigenvalue weighted by atomic mass is 32.2. The van der Waals surface area contributed by atoms with E-state index >= 15 is 0 Å². The zero-order valence-corrected chi connectivity index (χ0v) is 14.6. The SMILES string of the molecule is Cc1nc(-n2nc(C(F)F)cc2-c2cc(F)c(S(N)(=O)=O)cc2F)cs1. The number of aryl methyl sites for hydroxylation is 1. The number of nitrogens with zero attached hydrogens (tertiary/aromatic N) is 3. The molecule has 3 rings (SSSR count). The van der Waals surface area contributed by atoms with Crippen LogP contribution >= 0.6 is 11.3 Å². The van der Waals surface area contributed by atoms with Gasteiger partial charge in [-0.25, -0.2) is 40.8 Å². The number of primary sulfonamides is 1. The lowest BCUT2D eigenvalue weighted by Crippen LogP contribution is -2.15. The molecule has 0 atom stereocenters. The molecule has 1 aromatic carbocycles. The van der Waals surface area contributed by atoms with E-state index in [1.54, 1.807) is 6.92 Å². The van der Waals surface area contributed by atoms with Crippen LogP contribution in [-0.4, -0.2) is 23.2 Å². The van der Waals surface area contributed by atoms with Gasteiger partial charge in [-0.05, 0) is 25.1 Å². The number of benzene rings is 1. The van der Waals surface area contributed by atoms with Crippen molar-refractivity contribution in [1.29, 1.82) is 0 Å². The molecule has 26 heavy (non-hydrogen) atoms. The average Bonchev–Trinajstić information content (AvgIpc) is 3.14.